The highest BCUT2D eigenvalue weighted by Crippen LogP contribution is 2.30. The van der Waals surface area contributed by atoms with E-state index in [9.17, 15) is 14.7 Å². The van der Waals surface area contributed by atoms with Gasteiger partial charge in [-0.05, 0) is 220 Å². The molecule has 4 aliphatic heterocycles. The molecule has 0 amide bonds. The number of fused-ring (bicyclic) bond motifs is 4. The Labute approximate surface area is 663 Å². The molecule has 5 aromatic carbocycles. The second kappa shape index (κ2) is 33.5. The summed E-state index contributed by atoms with van der Waals surface area (Å²) in [6.07, 6.45) is 15.5. The predicted octanol–water partition coefficient (Wildman–Crippen LogP) is 10.0. The highest BCUT2D eigenvalue weighted by molar-refractivity contribution is 6.15. The van der Waals surface area contributed by atoms with Crippen molar-refractivity contribution in [3.63, 3.8) is 0 Å². The van der Waals surface area contributed by atoms with E-state index < -0.39 is 17.7 Å². The maximum absolute atomic E-state index is 13.1. The third-order valence-corrected chi connectivity index (χ3v) is 19.3. The van der Waals surface area contributed by atoms with Crippen molar-refractivity contribution in [2.75, 3.05) is 27.4 Å². The maximum atomic E-state index is 13.1. The summed E-state index contributed by atoms with van der Waals surface area (Å²) in [7, 11) is 3.29. The molecule has 0 atom stereocenters. The summed E-state index contributed by atoms with van der Waals surface area (Å²) in [5.41, 5.74) is 18.8. The Morgan fingerprint density at radius 1 is 0.478 bits per heavy atom. The predicted molar refractivity (Wildman–Crippen MR) is 451 cm³/mol. The van der Waals surface area contributed by atoms with Crippen molar-refractivity contribution in [1.29, 1.82) is 0 Å². The van der Waals surface area contributed by atoms with Gasteiger partial charge in [0, 0.05) is 90.9 Å². The number of H-pyrrole nitrogens is 7. The van der Waals surface area contributed by atoms with Crippen LogP contribution in [0.1, 0.15) is 107 Å². The van der Waals surface area contributed by atoms with Gasteiger partial charge in [-0.1, -0.05) is 84.9 Å². The molecule has 4 aliphatic rings. The Morgan fingerprint density at radius 2 is 0.939 bits per heavy atom. The topological polar surface area (TPSA) is 275 Å². The first-order valence-electron chi connectivity index (χ1n) is 38.0. The standard InChI is InChI=1S/C27H25N3O2.C25H27N3O3.C23H23N3O3.C19H17N3O/c1-17-11-18(2)28-23(17)14-26-27(32-16-19-7-6-9-21(12-19)31-3)15-25(30-26)24-13-20-8-4-5-10-22(20)29-24;1-15-11-16(2)26-18(15)13-20-23(30-6)14-19(27-20)22-12-17-9-7-8-10-21(17)28(22)24(29)31-25(3,4)5;1-4-28-23(27)13-29-22-12-20(19-10-16-7-5-6-8-17(16)25-19)26-21(22)11-18-14(2)9-15(3)24-18;1-11-7-12(2)20-15(11)9-18-19(23)10-17(22-18)16-8-13-5-3-4-6-14(13)21-16/h4-15,28,30H,16H2,1-3H3;7-14,26H,1-6H3;5-12,24,26H,4,13H2,1-3H3;3-10,20,22-23H,1-2H3/b25-24?,26-14-;20-13-;20-19?,21-11-;17-16?,18-9-. The smallest absolute Gasteiger partial charge is 0.419 e. The average Bonchev–Trinajstić information content (AvgIpc) is 1.54. The van der Waals surface area contributed by atoms with Crippen molar-refractivity contribution in [3.8, 4) is 23.0 Å². The molecule has 8 aromatic heterocycles. The summed E-state index contributed by atoms with van der Waals surface area (Å²) in [6, 6.07) is 55.7. The summed E-state index contributed by atoms with van der Waals surface area (Å²) >= 11 is 0. The number of nitrogens with zero attached hydrogens (tertiary/aromatic N) is 5. The molecular weight excluding hydrogens is 1440 g/mol. The van der Waals surface area contributed by atoms with E-state index >= 15 is 0 Å². The van der Waals surface area contributed by atoms with Crippen molar-refractivity contribution in [2.24, 2.45) is 20.0 Å². The largest absolute Gasteiger partial charge is 0.506 e. The molecule has 13 aromatic rings. The summed E-state index contributed by atoms with van der Waals surface area (Å²) in [5, 5.41) is 22.2. The van der Waals surface area contributed by atoms with Gasteiger partial charge in [0.25, 0.3) is 0 Å². The summed E-state index contributed by atoms with van der Waals surface area (Å²) in [4.78, 5) is 67.3. The van der Waals surface area contributed by atoms with Crippen molar-refractivity contribution < 1.29 is 43.1 Å². The molecule has 0 fully saturated rings. The number of esters is 1. The molecule has 0 saturated heterocycles. The van der Waals surface area contributed by atoms with Gasteiger partial charge in [-0.3, -0.25) is 0 Å². The first-order valence-corrected chi connectivity index (χ1v) is 38.0. The SMILES string of the molecule is CCOC(=O)COc1cc(=C2C=c3ccccc3=N2)[nH]/c1=C\c1[nH]c(C)cc1C.COC1=CC(c2cc3ccccc3n2C(=O)OC(C)(C)C)=N/C1=C\c1[nH]c(C)cc1C.COc1cccc(COc2cc(=C3C=c4ccccc4=N3)[nH]/c2=C\c2[nH]c(C)cc2C)c1.Cc1cc(C)c(/C=c2\[nH]c(=C3C=c4ccccc4=N3)cc2O)[nH]1. The lowest BCUT2D eigenvalue weighted by Crippen LogP contribution is -2.28. The van der Waals surface area contributed by atoms with E-state index in [-0.39, 0.29) is 12.4 Å². The molecule has 0 radical (unpaired) electrons. The molecule has 8 N–H and O–H groups in total. The Hall–Kier alpha value is -14.1. The van der Waals surface area contributed by atoms with E-state index in [1.165, 1.54) is 5.56 Å². The van der Waals surface area contributed by atoms with Crippen LogP contribution in [0, 0.1) is 55.4 Å². The number of para-hydroxylation sites is 4. The molecule has 21 heteroatoms. The summed E-state index contributed by atoms with van der Waals surface area (Å²) < 4.78 is 35.2. The number of carbonyl (C=O) groups excluding carboxylic acids is 2. The molecular formula is C94H92N12O9. The van der Waals surface area contributed by atoms with Gasteiger partial charge < -0.3 is 68.4 Å². The van der Waals surface area contributed by atoms with Gasteiger partial charge in [-0.15, -0.1) is 0 Å². The fourth-order valence-electron chi connectivity index (χ4n) is 13.9. The van der Waals surface area contributed by atoms with E-state index in [4.69, 9.17) is 43.4 Å². The fourth-order valence-corrected chi connectivity index (χ4v) is 13.9. The van der Waals surface area contributed by atoms with Crippen LogP contribution in [0.25, 0.3) is 70.5 Å². The highest BCUT2D eigenvalue weighted by atomic mass is 16.6. The van der Waals surface area contributed by atoms with Crippen LogP contribution < -0.4 is 78.0 Å². The van der Waals surface area contributed by atoms with Crippen LogP contribution in [0.3, 0.4) is 0 Å². The van der Waals surface area contributed by atoms with Gasteiger partial charge in [-0.2, -0.15) is 0 Å². The van der Waals surface area contributed by atoms with Gasteiger partial charge in [0.1, 0.15) is 46.7 Å². The Kier molecular flexibility index (Phi) is 22.6. The fraction of sp³-hybridized carbons (Fsp3) is 0.191. The number of methoxy groups -OCH3 is 2. The summed E-state index contributed by atoms with van der Waals surface area (Å²) in [6.45, 7) is 24.3. The second-order valence-electron chi connectivity index (χ2n) is 29.5. The maximum Gasteiger partial charge on any atom is 0.419 e. The Balaban J connectivity index is 0.000000127. The Bertz CT molecular complexity index is 6800. The van der Waals surface area contributed by atoms with Crippen molar-refractivity contribution in [2.45, 2.75) is 95.3 Å². The highest BCUT2D eigenvalue weighted by Gasteiger charge is 2.27. The molecule has 21 nitrogen and oxygen atoms in total. The molecule has 12 heterocycles. The third kappa shape index (κ3) is 18.1. The van der Waals surface area contributed by atoms with Crippen LogP contribution in [0.15, 0.2) is 207 Å². The number of rotatable bonds is 14. The minimum absolute atomic E-state index is 0.148. The van der Waals surface area contributed by atoms with Crippen LogP contribution in [0.5, 0.6) is 23.0 Å². The number of aromatic nitrogens is 8. The number of hydrogen-bond acceptors (Lipinski definition) is 13. The number of aryl methyl sites for hydroxylation is 8. The molecule has 0 saturated carbocycles. The van der Waals surface area contributed by atoms with Crippen LogP contribution >= 0.6 is 0 Å². The molecule has 0 aliphatic carbocycles. The van der Waals surface area contributed by atoms with Gasteiger partial charge >= 0.3 is 12.1 Å². The number of allylic oxidation sites excluding steroid dienone is 1. The van der Waals surface area contributed by atoms with Crippen molar-refractivity contribution in [1.82, 2.24) is 39.5 Å². The normalized spacial score (nSPS) is 15.2. The number of hydrogen-bond donors (Lipinski definition) is 8. The van der Waals surface area contributed by atoms with E-state index in [0.717, 1.165) is 166 Å². The van der Waals surface area contributed by atoms with E-state index in [0.29, 0.717) is 47.2 Å². The van der Waals surface area contributed by atoms with Gasteiger partial charge in [0.15, 0.2) is 6.61 Å². The zero-order valence-corrected chi connectivity index (χ0v) is 66.9. The van der Waals surface area contributed by atoms with Crippen LogP contribution in [0.4, 0.5) is 4.79 Å². The zero-order chi connectivity index (χ0) is 80.8. The first-order chi connectivity index (χ1) is 55.4. The van der Waals surface area contributed by atoms with Crippen LogP contribution in [-0.4, -0.2) is 95.4 Å². The molecule has 582 valence electrons. The lowest BCUT2D eigenvalue weighted by molar-refractivity contribution is -0.145. The molecule has 0 unspecified atom stereocenters. The number of benzene rings is 5. The molecule has 0 spiro atoms. The van der Waals surface area contributed by atoms with Crippen molar-refractivity contribution >= 4 is 88.3 Å². The first kappa shape index (κ1) is 77.6. The van der Waals surface area contributed by atoms with E-state index in [2.05, 4.69) is 96.2 Å². The zero-order valence-electron chi connectivity index (χ0n) is 66.9. The quantitative estimate of drug-likeness (QED) is 0.0480. The summed E-state index contributed by atoms with van der Waals surface area (Å²) in [5.74, 6) is 2.64. The lowest BCUT2D eigenvalue weighted by atomic mass is 10.2. The third-order valence-electron chi connectivity index (χ3n) is 19.3. The number of aromatic amines is 7. The average molecular weight is 1530 g/mol. The molecule has 115 heavy (non-hydrogen) atoms. The van der Waals surface area contributed by atoms with Crippen LogP contribution in [0.2, 0.25) is 0 Å². The van der Waals surface area contributed by atoms with Gasteiger partial charge in [-0.25, -0.2) is 34.1 Å². The number of nitrogens with one attached hydrogen (secondary N) is 7. The monoisotopic (exact) mass is 1530 g/mol. The van der Waals surface area contributed by atoms with Crippen LogP contribution in [-0.2, 0) is 25.6 Å². The number of aliphatic imine (C=N–C) groups is 1. The minimum atomic E-state index is -0.612. The Morgan fingerprint density at radius 3 is 1.41 bits per heavy atom. The minimum Gasteiger partial charge on any atom is -0.506 e. The van der Waals surface area contributed by atoms with Gasteiger partial charge in [0.05, 0.1) is 103 Å². The van der Waals surface area contributed by atoms with E-state index in [1.807, 2.05) is 232 Å². The molecule has 0 bridgehead atoms. The second-order valence-corrected chi connectivity index (χ2v) is 29.5. The number of ether oxygens (including phenoxy) is 6. The van der Waals surface area contributed by atoms with E-state index in [1.54, 1.807) is 31.8 Å². The number of aromatic hydroxyl groups is 1. The number of carbonyl (C=O) groups is 2. The van der Waals surface area contributed by atoms with Gasteiger partial charge in [0.2, 0.25) is 0 Å². The lowest BCUT2D eigenvalue weighted by Gasteiger charge is -2.20. The molecule has 17 rings (SSSR count). The van der Waals surface area contributed by atoms with Crippen molar-refractivity contribution in [3.05, 3.63) is 330 Å².